The number of benzene rings is 1. The number of terminal acetylenes is 1. The number of nitrogens with zero attached hydrogens (tertiary/aromatic N) is 2. The van der Waals surface area contributed by atoms with Crippen molar-refractivity contribution in [3.8, 4) is 12.3 Å². The predicted octanol–water partition coefficient (Wildman–Crippen LogP) is 1.76. The van der Waals surface area contributed by atoms with Crippen LogP contribution >= 0.6 is 0 Å². The van der Waals surface area contributed by atoms with Crippen LogP contribution in [0, 0.1) is 12.3 Å². The summed E-state index contributed by atoms with van der Waals surface area (Å²) in [7, 11) is 1.94. The Morgan fingerprint density at radius 3 is 2.71 bits per heavy atom. The zero-order valence-electron chi connectivity index (χ0n) is 9.85. The molecule has 86 valence electrons. The van der Waals surface area contributed by atoms with Crippen molar-refractivity contribution in [1.82, 2.24) is 4.98 Å². The van der Waals surface area contributed by atoms with Gasteiger partial charge in [-0.25, -0.2) is 4.98 Å². The molecule has 1 aromatic heterocycles. The molecule has 2 aromatic rings. The summed E-state index contributed by atoms with van der Waals surface area (Å²) in [6, 6.07) is 8.11. The normalized spacial score (nSPS) is 10.2. The molecule has 1 heterocycles. The van der Waals surface area contributed by atoms with E-state index in [0.717, 1.165) is 22.2 Å². The van der Waals surface area contributed by atoms with Gasteiger partial charge in [0.15, 0.2) is 0 Å². The van der Waals surface area contributed by atoms with E-state index >= 15 is 0 Å². The van der Waals surface area contributed by atoms with Crippen molar-refractivity contribution in [3.05, 3.63) is 36.0 Å². The van der Waals surface area contributed by atoms with E-state index in [1.54, 1.807) is 0 Å². The van der Waals surface area contributed by atoms with Crippen LogP contribution in [0.3, 0.4) is 0 Å². The van der Waals surface area contributed by atoms with Crippen molar-refractivity contribution in [3.63, 3.8) is 0 Å². The minimum Gasteiger partial charge on any atom is -0.348 e. The topological polar surface area (TPSA) is 42.2 Å². The van der Waals surface area contributed by atoms with Gasteiger partial charge >= 0.3 is 0 Å². The Kier molecular flexibility index (Phi) is 3.27. The molecule has 0 aliphatic heterocycles. The van der Waals surface area contributed by atoms with Crippen LogP contribution in [0.25, 0.3) is 10.8 Å². The van der Waals surface area contributed by atoms with Crippen LogP contribution in [-0.2, 0) is 6.54 Å². The molecule has 0 spiro atoms. The van der Waals surface area contributed by atoms with E-state index in [9.17, 15) is 0 Å². The zero-order valence-corrected chi connectivity index (χ0v) is 9.85. The molecule has 3 nitrogen and oxygen atoms in total. The van der Waals surface area contributed by atoms with Crippen molar-refractivity contribution >= 4 is 16.6 Å². The van der Waals surface area contributed by atoms with Gasteiger partial charge in [-0.3, -0.25) is 0 Å². The predicted molar refractivity (Wildman–Crippen MR) is 71.7 cm³/mol. The first-order chi connectivity index (χ1) is 8.27. The zero-order chi connectivity index (χ0) is 12.3. The number of nitrogens with two attached hydrogens (primary N) is 1. The molecule has 0 unspecified atom stereocenters. The first kappa shape index (κ1) is 11.4. The standard InChI is InChI=1S/C14H15N3/c1-3-8-17(2)14-13-7-5-4-6-12(13)11(9-15)10-16-14/h1,4-7,10H,8-9,15H2,2H3. The molecule has 0 amide bonds. The first-order valence-electron chi connectivity index (χ1n) is 5.49. The van der Waals surface area contributed by atoms with Gasteiger partial charge in [-0.2, -0.15) is 0 Å². The fraction of sp³-hybridized carbons (Fsp3) is 0.214. The fourth-order valence-electron chi connectivity index (χ4n) is 1.91. The average molecular weight is 225 g/mol. The van der Waals surface area contributed by atoms with Crippen LogP contribution in [0.4, 0.5) is 5.82 Å². The Hall–Kier alpha value is -2.05. The van der Waals surface area contributed by atoms with E-state index in [1.807, 2.05) is 36.3 Å². The number of rotatable bonds is 3. The lowest BCUT2D eigenvalue weighted by Gasteiger charge is -2.18. The Bertz CT molecular complexity index is 569. The summed E-state index contributed by atoms with van der Waals surface area (Å²) < 4.78 is 0. The van der Waals surface area contributed by atoms with Gasteiger partial charge in [0.05, 0.1) is 6.54 Å². The average Bonchev–Trinajstić information content (AvgIpc) is 2.37. The highest BCUT2D eigenvalue weighted by molar-refractivity contribution is 5.94. The maximum Gasteiger partial charge on any atom is 0.136 e. The molecule has 1 aromatic carbocycles. The number of anilines is 1. The third-order valence-electron chi connectivity index (χ3n) is 2.77. The molecule has 2 N–H and O–H groups in total. The number of hydrogen-bond acceptors (Lipinski definition) is 3. The Morgan fingerprint density at radius 1 is 1.35 bits per heavy atom. The summed E-state index contributed by atoms with van der Waals surface area (Å²) in [5, 5.41) is 2.23. The molecular weight excluding hydrogens is 210 g/mol. The van der Waals surface area contributed by atoms with Gasteiger partial charge < -0.3 is 10.6 Å². The molecule has 0 saturated carbocycles. The molecule has 17 heavy (non-hydrogen) atoms. The quantitative estimate of drug-likeness (QED) is 0.809. The van der Waals surface area contributed by atoms with Crippen LogP contribution in [0.1, 0.15) is 5.56 Å². The third kappa shape index (κ3) is 2.08. The molecule has 0 aliphatic carbocycles. The van der Waals surface area contributed by atoms with E-state index in [-0.39, 0.29) is 0 Å². The van der Waals surface area contributed by atoms with Gasteiger partial charge in [-0.15, -0.1) is 6.42 Å². The van der Waals surface area contributed by atoms with Gasteiger partial charge in [0, 0.05) is 25.2 Å². The van der Waals surface area contributed by atoms with Gasteiger partial charge in [0.25, 0.3) is 0 Å². The van der Waals surface area contributed by atoms with E-state index in [4.69, 9.17) is 12.2 Å². The van der Waals surface area contributed by atoms with Crippen molar-refractivity contribution in [2.75, 3.05) is 18.5 Å². The molecule has 0 aliphatic rings. The van der Waals surface area contributed by atoms with Crippen LogP contribution in [0.5, 0.6) is 0 Å². The summed E-state index contributed by atoms with van der Waals surface area (Å²) in [6.07, 6.45) is 7.15. The highest BCUT2D eigenvalue weighted by Crippen LogP contribution is 2.26. The second-order valence-corrected chi connectivity index (χ2v) is 3.92. The van der Waals surface area contributed by atoms with Crippen LogP contribution in [0.2, 0.25) is 0 Å². The minimum atomic E-state index is 0.493. The maximum atomic E-state index is 5.71. The van der Waals surface area contributed by atoms with E-state index in [0.29, 0.717) is 13.1 Å². The molecular formula is C14H15N3. The Morgan fingerprint density at radius 2 is 2.06 bits per heavy atom. The number of aromatic nitrogens is 1. The molecule has 0 atom stereocenters. The van der Waals surface area contributed by atoms with Gasteiger partial charge in [-0.05, 0) is 10.9 Å². The highest BCUT2D eigenvalue weighted by atomic mass is 15.2. The lowest BCUT2D eigenvalue weighted by atomic mass is 10.1. The third-order valence-corrected chi connectivity index (χ3v) is 2.77. The smallest absolute Gasteiger partial charge is 0.136 e. The molecule has 0 radical (unpaired) electrons. The largest absolute Gasteiger partial charge is 0.348 e. The van der Waals surface area contributed by atoms with Crippen molar-refractivity contribution in [2.45, 2.75) is 6.54 Å². The van der Waals surface area contributed by atoms with E-state index < -0.39 is 0 Å². The van der Waals surface area contributed by atoms with Crippen LogP contribution in [-0.4, -0.2) is 18.6 Å². The fourth-order valence-corrected chi connectivity index (χ4v) is 1.91. The summed E-state index contributed by atoms with van der Waals surface area (Å²) in [6.45, 7) is 1.03. The number of hydrogen-bond donors (Lipinski definition) is 1. The highest BCUT2D eigenvalue weighted by Gasteiger charge is 2.08. The SMILES string of the molecule is C#CCN(C)c1ncc(CN)c2ccccc12. The monoisotopic (exact) mass is 225 g/mol. The summed E-state index contributed by atoms with van der Waals surface area (Å²) >= 11 is 0. The number of fused-ring (bicyclic) bond motifs is 1. The lowest BCUT2D eigenvalue weighted by Crippen LogP contribution is -2.19. The van der Waals surface area contributed by atoms with Gasteiger partial charge in [0.1, 0.15) is 5.82 Å². The maximum absolute atomic E-state index is 5.71. The van der Waals surface area contributed by atoms with Crippen molar-refractivity contribution in [1.29, 1.82) is 0 Å². The molecule has 0 bridgehead atoms. The summed E-state index contributed by atoms with van der Waals surface area (Å²) in [4.78, 5) is 6.41. The molecule has 2 rings (SSSR count). The summed E-state index contributed by atoms with van der Waals surface area (Å²) in [5.74, 6) is 3.52. The Labute approximate surface area is 101 Å². The van der Waals surface area contributed by atoms with Crippen molar-refractivity contribution < 1.29 is 0 Å². The minimum absolute atomic E-state index is 0.493. The summed E-state index contributed by atoms with van der Waals surface area (Å²) in [5.41, 5.74) is 6.77. The Balaban J connectivity index is 2.63. The van der Waals surface area contributed by atoms with E-state index in [2.05, 4.69) is 17.0 Å². The second kappa shape index (κ2) is 4.86. The molecule has 0 fully saturated rings. The second-order valence-electron chi connectivity index (χ2n) is 3.92. The van der Waals surface area contributed by atoms with E-state index in [1.165, 1.54) is 0 Å². The lowest BCUT2D eigenvalue weighted by molar-refractivity contribution is 1.00. The van der Waals surface area contributed by atoms with Gasteiger partial charge in [0.2, 0.25) is 0 Å². The molecule has 0 saturated heterocycles. The van der Waals surface area contributed by atoms with Gasteiger partial charge in [-0.1, -0.05) is 30.2 Å². The van der Waals surface area contributed by atoms with Crippen molar-refractivity contribution in [2.24, 2.45) is 5.73 Å². The number of pyridine rings is 1. The van der Waals surface area contributed by atoms with Crippen LogP contribution < -0.4 is 10.6 Å². The van der Waals surface area contributed by atoms with Crippen LogP contribution in [0.15, 0.2) is 30.5 Å². The molecule has 3 heteroatoms. The first-order valence-corrected chi connectivity index (χ1v) is 5.49.